The molecule has 104 valence electrons. The molecule has 0 aromatic heterocycles. The topological polar surface area (TPSA) is 50.4 Å². The Hall–Kier alpha value is -2.49. The number of carbonyl (C=O) groups excluding carboxylic acids is 1. The quantitative estimate of drug-likeness (QED) is 0.895. The first-order valence-electron chi connectivity index (χ1n) is 6.46. The number of ether oxygens (including phenoxy) is 1. The molecule has 2 N–H and O–H groups in total. The van der Waals surface area contributed by atoms with Crippen molar-refractivity contribution in [3.05, 3.63) is 59.7 Å². The van der Waals surface area contributed by atoms with Crippen molar-refractivity contribution in [3.63, 3.8) is 0 Å². The van der Waals surface area contributed by atoms with Gasteiger partial charge in [-0.2, -0.15) is 0 Å². The Bertz CT molecular complexity index is 597. The largest absolute Gasteiger partial charge is 0.489 e. The number of rotatable bonds is 4. The monoisotopic (exact) mass is 270 g/mol. The number of hydrogen-bond acceptors (Lipinski definition) is 2. The van der Waals surface area contributed by atoms with E-state index in [-0.39, 0.29) is 6.03 Å². The number of anilines is 1. The number of urea groups is 1. The molecule has 0 unspecified atom stereocenters. The molecular formula is C16H18N2O2. The molecule has 0 atom stereocenters. The number of benzene rings is 2. The molecule has 0 saturated heterocycles. The lowest BCUT2D eigenvalue weighted by molar-refractivity contribution is 0.254. The molecule has 0 heterocycles. The van der Waals surface area contributed by atoms with Gasteiger partial charge in [0.2, 0.25) is 0 Å². The summed E-state index contributed by atoms with van der Waals surface area (Å²) in [6.07, 6.45) is 0. The summed E-state index contributed by atoms with van der Waals surface area (Å²) < 4.78 is 5.81. The highest BCUT2D eigenvalue weighted by molar-refractivity contribution is 5.89. The van der Waals surface area contributed by atoms with E-state index >= 15 is 0 Å². The van der Waals surface area contributed by atoms with Gasteiger partial charge in [0.25, 0.3) is 0 Å². The van der Waals surface area contributed by atoms with Gasteiger partial charge >= 0.3 is 6.03 Å². The van der Waals surface area contributed by atoms with Crippen molar-refractivity contribution in [1.29, 1.82) is 0 Å². The van der Waals surface area contributed by atoms with Crippen molar-refractivity contribution in [2.24, 2.45) is 0 Å². The summed E-state index contributed by atoms with van der Waals surface area (Å²) >= 11 is 0. The van der Waals surface area contributed by atoms with Crippen LogP contribution in [0.3, 0.4) is 0 Å². The molecule has 0 aliphatic heterocycles. The van der Waals surface area contributed by atoms with Crippen LogP contribution in [0.25, 0.3) is 0 Å². The van der Waals surface area contributed by atoms with Crippen molar-refractivity contribution >= 4 is 11.7 Å². The Morgan fingerprint density at radius 1 is 1.10 bits per heavy atom. The van der Waals surface area contributed by atoms with Crippen LogP contribution >= 0.6 is 0 Å². The van der Waals surface area contributed by atoms with Gasteiger partial charge < -0.3 is 15.4 Å². The molecule has 0 radical (unpaired) electrons. The highest BCUT2D eigenvalue weighted by atomic mass is 16.5. The van der Waals surface area contributed by atoms with Crippen LogP contribution in [0.4, 0.5) is 10.5 Å². The first-order valence-corrected chi connectivity index (χ1v) is 6.46. The van der Waals surface area contributed by atoms with Gasteiger partial charge in [0.15, 0.2) is 0 Å². The lowest BCUT2D eigenvalue weighted by atomic mass is 10.2. The number of amides is 2. The van der Waals surface area contributed by atoms with Gasteiger partial charge in [0.1, 0.15) is 12.4 Å². The Balaban J connectivity index is 2.10. The molecule has 0 bridgehead atoms. The fourth-order valence-corrected chi connectivity index (χ4v) is 1.83. The maximum Gasteiger partial charge on any atom is 0.318 e. The van der Waals surface area contributed by atoms with Gasteiger partial charge in [-0.15, -0.1) is 0 Å². The minimum atomic E-state index is -0.242. The lowest BCUT2D eigenvalue weighted by Crippen LogP contribution is -2.25. The number of carbonyl (C=O) groups is 1. The van der Waals surface area contributed by atoms with E-state index in [0.717, 1.165) is 22.6 Å². The third-order valence-corrected chi connectivity index (χ3v) is 2.97. The molecule has 20 heavy (non-hydrogen) atoms. The van der Waals surface area contributed by atoms with Gasteiger partial charge in [0.05, 0.1) is 0 Å². The Morgan fingerprint density at radius 2 is 1.80 bits per heavy atom. The smallest absolute Gasteiger partial charge is 0.318 e. The van der Waals surface area contributed by atoms with Crippen LogP contribution in [0.2, 0.25) is 0 Å². The van der Waals surface area contributed by atoms with Gasteiger partial charge in [0, 0.05) is 18.3 Å². The molecule has 0 aliphatic carbocycles. The third-order valence-electron chi connectivity index (χ3n) is 2.97. The van der Waals surface area contributed by atoms with Crippen molar-refractivity contribution in [2.75, 3.05) is 12.4 Å². The zero-order valence-electron chi connectivity index (χ0n) is 11.6. The summed E-state index contributed by atoms with van der Waals surface area (Å²) in [6, 6.07) is 15.2. The molecule has 0 spiro atoms. The van der Waals surface area contributed by atoms with Gasteiger partial charge in [-0.25, -0.2) is 4.79 Å². The van der Waals surface area contributed by atoms with E-state index in [2.05, 4.69) is 10.6 Å². The molecule has 4 nitrogen and oxygen atoms in total. The van der Waals surface area contributed by atoms with Gasteiger partial charge in [-0.1, -0.05) is 36.4 Å². The minimum Gasteiger partial charge on any atom is -0.489 e. The molecule has 2 aromatic rings. The second-order valence-electron chi connectivity index (χ2n) is 4.42. The molecule has 0 saturated carbocycles. The van der Waals surface area contributed by atoms with Crippen LogP contribution in [0.1, 0.15) is 11.1 Å². The van der Waals surface area contributed by atoms with E-state index in [0.29, 0.717) is 6.61 Å². The van der Waals surface area contributed by atoms with Crippen LogP contribution in [0, 0.1) is 6.92 Å². The molecule has 2 rings (SSSR count). The second kappa shape index (κ2) is 6.61. The van der Waals surface area contributed by atoms with Crippen molar-refractivity contribution in [3.8, 4) is 5.75 Å². The van der Waals surface area contributed by atoms with Crippen molar-refractivity contribution < 1.29 is 9.53 Å². The number of hydrogen-bond donors (Lipinski definition) is 2. The Morgan fingerprint density at radius 3 is 2.55 bits per heavy atom. The maximum atomic E-state index is 11.4. The van der Waals surface area contributed by atoms with E-state index in [1.807, 2.05) is 55.5 Å². The molecule has 2 aromatic carbocycles. The maximum absolute atomic E-state index is 11.4. The molecule has 4 heteroatoms. The molecule has 0 fully saturated rings. The number of aryl methyl sites for hydroxylation is 1. The highest BCUT2D eigenvalue weighted by Gasteiger charge is 2.06. The van der Waals surface area contributed by atoms with E-state index in [1.54, 1.807) is 7.05 Å². The molecule has 2 amide bonds. The number of nitrogens with one attached hydrogen (secondary N) is 2. The summed E-state index contributed by atoms with van der Waals surface area (Å²) in [7, 11) is 1.59. The second-order valence-corrected chi connectivity index (χ2v) is 4.42. The Labute approximate surface area is 118 Å². The normalized spacial score (nSPS) is 9.90. The van der Waals surface area contributed by atoms with E-state index < -0.39 is 0 Å². The lowest BCUT2D eigenvalue weighted by Gasteiger charge is -2.13. The van der Waals surface area contributed by atoms with E-state index in [9.17, 15) is 4.79 Å². The summed E-state index contributed by atoms with van der Waals surface area (Å²) in [5, 5.41) is 5.31. The SMILES string of the molecule is CNC(=O)Nc1ccccc1COc1ccccc1C. The van der Waals surface area contributed by atoms with Crippen LogP contribution < -0.4 is 15.4 Å². The van der Waals surface area contributed by atoms with Crippen LogP contribution in [-0.4, -0.2) is 13.1 Å². The molecule has 0 aliphatic rings. The standard InChI is InChI=1S/C16H18N2O2/c1-12-7-3-6-10-15(12)20-11-13-8-4-5-9-14(13)18-16(19)17-2/h3-10H,11H2,1-2H3,(H2,17,18,19). The predicted molar refractivity (Wildman–Crippen MR) is 80.0 cm³/mol. The third kappa shape index (κ3) is 3.51. The van der Waals surface area contributed by atoms with Crippen LogP contribution in [-0.2, 0) is 6.61 Å². The van der Waals surface area contributed by atoms with Crippen molar-refractivity contribution in [1.82, 2.24) is 5.32 Å². The first kappa shape index (κ1) is 13.9. The fraction of sp³-hybridized carbons (Fsp3) is 0.188. The minimum absolute atomic E-state index is 0.242. The zero-order chi connectivity index (χ0) is 14.4. The van der Waals surface area contributed by atoms with E-state index in [1.165, 1.54) is 0 Å². The number of para-hydroxylation sites is 2. The fourth-order valence-electron chi connectivity index (χ4n) is 1.83. The summed E-state index contributed by atoms with van der Waals surface area (Å²) in [6.45, 7) is 2.41. The Kier molecular flexibility index (Phi) is 4.60. The average Bonchev–Trinajstić information content (AvgIpc) is 2.47. The average molecular weight is 270 g/mol. The highest BCUT2D eigenvalue weighted by Crippen LogP contribution is 2.21. The van der Waals surface area contributed by atoms with Crippen LogP contribution in [0.15, 0.2) is 48.5 Å². The predicted octanol–water partition coefficient (Wildman–Crippen LogP) is 3.33. The molecular weight excluding hydrogens is 252 g/mol. The van der Waals surface area contributed by atoms with Crippen molar-refractivity contribution in [2.45, 2.75) is 13.5 Å². The van der Waals surface area contributed by atoms with E-state index in [4.69, 9.17) is 4.74 Å². The summed E-state index contributed by atoms with van der Waals surface area (Å²) in [5.41, 5.74) is 2.77. The summed E-state index contributed by atoms with van der Waals surface area (Å²) in [4.78, 5) is 11.4. The first-order chi connectivity index (χ1) is 9.70. The van der Waals surface area contributed by atoms with Gasteiger partial charge in [-0.05, 0) is 24.6 Å². The summed E-state index contributed by atoms with van der Waals surface area (Å²) in [5.74, 6) is 0.849. The van der Waals surface area contributed by atoms with Gasteiger partial charge in [-0.3, -0.25) is 0 Å². The zero-order valence-corrected chi connectivity index (χ0v) is 11.6. The van der Waals surface area contributed by atoms with Crippen LogP contribution in [0.5, 0.6) is 5.75 Å².